The number of hydrogen-bond donors (Lipinski definition) is 1. The van der Waals surface area contributed by atoms with Gasteiger partial charge in [0.15, 0.2) is 0 Å². The predicted octanol–water partition coefficient (Wildman–Crippen LogP) is 2.46. The topological polar surface area (TPSA) is 45.0 Å². The van der Waals surface area contributed by atoms with E-state index < -0.39 is 0 Å². The zero-order valence-corrected chi connectivity index (χ0v) is 11.2. The highest BCUT2D eigenvalue weighted by molar-refractivity contribution is 5.37. The first-order chi connectivity index (χ1) is 8.59. The van der Waals surface area contributed by atoms with E-state index in [0.717, 1.165) is 24.1 Å². The quantitative estimate of drug-likeness (QED) is 0.885. The number of hydrogen-bond acceptors (Lipinski definition) is 3. The van der Waals surface area contributed by atoms with Crippen molar-refractivity contribution < 1.29 is 4.74 Å². The largest absolute Gasteiger partial charge is 0.381 e. The molecule has 0 saturated heterocycles. The molecule has 0 bridgehead atoms. The van der Waals surface area contributed by atoms with Crippen LogP contribution in [0.4, 0.5) is 0 Å². The summed E-state index contributed by atoms with van der Waals surface area (Å²) < 4.78 is 5.44. The highest BCUT2D eigenvalue weighted by Gasteiger charge is 2.48. The molecule has 0 radical (unpaired) electrons. The van der Waals surface area contributed by atoms with Gasteiger partial charge in [0.05, 0.1) is 17.7 Å². The summed E-state index contributed by atoms with van der Waals surface area (Å²) in [4.78, 5) is 0. The van der Waals surface area contributed by atoms with Crippen LogP contribution in [0.3, 0.4) is 0 Å². The minimum absolute atomic E-state index is 0.163. The van der Waals surface area contributed by atoms with E-state index in [-0.39, 0.29) is 5.41 Å². The van der Waals surface area contributed by atoms with Crippen molar-refractivity contribution in [2.45, 2.75) is 39.0 Å². The third-order valence-corrected chi connectivity index (χ3v) is 4.14. The van der Waals surface area contributed by atoms with Crippen molar-refractivity contribution in [3.63, 3.8) is 0 Å². The van der Waals surface area contributed by atoms with Gasteiger partial charge in [-0.15, -0.1) is 0 Å². The molecule has 0 aromatic heterocycles. The van der Waals surface area contributed by atoms with E-state index in [9.17, 15) is 0 Å². The Morgan fingerprint density at radius 3 is 2.78 bits per heavy atom. The Hall–Kier alpha value is -1.37. The van der Waals surface area contributed by atoms with Crippen LogP contribution in [0.15, 0.2) is 24.3 Å². The number of nitriles is 1. The van der Waals surface area contributed by atoms with Gasteiger partial charge in [0.25, 0.3) is 0 Å². The van der Waals surface area contributed by atoms with Gasteiger partial charge in [0.2, 0.25) is 0 Å². The van der Waals surface area contributed by atoms with Crippen molar-refractivity contribution in [2.24, 2.45) is 5.41 Å². The number of methoxy groups -OCH3 is 1. The first kappa shape index (κ1) is 13.1. The molecule has 0 spiro atoms. The monoisotopic (exact) mass is 244 g/mol. The first-order valence-corrected chi connectivity index (χ1v) is 6.33. The van der Waals surface area contributed by atoms with Crippen LogP contribution in [-0.2, 0) is 11.3 Å². The van der Waals surface area contributed by atoms with E-state index in [1.54, 1.807) is 7.11 Å². The Bertz CT molecular complexity index is 462. The molecule has 1 saturated carbocycles. The maximum atomic E-state index is 9.04. The molecule has 3 nitrogen and oxygen atoms in total. The molecule has 0 aliphatic heterocycles. The highest BCUT2D eigenvalue weighted by Crippen LogP contribution is 2.42. The summed E-state index contributed by atoms with van der Waals surface area (Å²) in [5.74, 6) is 0. The molecule has 2 unspecified atom stereocenters. The molecule has 3 heteroatoms. The average Bonchev–Trinajstić information content (AvgIpc) is 2.38. The van der Waals surface area contributed by atoms with Crippen molar-refractivity contribution in [2.75, 3.05) is 7.11 Å². The third kappa shape index (κ3) is 2.27. The standard InChI is InChI=1S/C15H20N2O/c1-15(2)13(8-14(15)18-3)17-10-12-7-5-4-6-11(12)9-16/h4-7,13-14,17H,8,10H2,1-3H3. The van der Waals surface area contributed by atoms with Crippen LogP contribution in [0.25, 0.3) is 0 Å². The van der Waals surface area contributed by atoms with E-state index >= 15 is 0 Å². The maximum absolute atomic E-state index is 9.04. The van der Waals surface area contributed by atoms with E-state index in [0.29, 0.717) is 12.1 Å². The summed E-state index contributed by atoms with van der Waals surface area (Å²) in [5, 5.41) is 12.6. The second-order valence-corrected chi connectivity index (χ2v) is 5.48. The number of nitrogens with zero attached hydrogens (tertiary/aromatic N) is 1. The van der Waals surface area contributed by atoms with Gasteiger partial charge in [-0.25, -0.2) is 0 Å². The van der Waals surface area contributed by atoms with Gasteiger partial charge in [-0.1, -0.05) is 32.0 Å². The summed E-state index contributed by atoms with van der Waals surface area (Å²) in [6.07, 6.45) is 1.37. The molecule has 96 valence electrons. The van der Waals surface area contributed by atoms with Gasteiger partial charge in [-0.3, -0.25) is 0 Å². The van der Waals surface area contributed by atoms with E-state index in [1.807, 2.05) is 24.3 Å². The van der Waals surface area contributed by atoms with E-state index in [1.165, 1.54) is 0 Å². The van der Waals surface area contributed by atoms with Gasteiger partial charge in [-0.2, -0.15) is 5.26 Å². The van der Waals surface area contributed by atoms with Crippen LogP contribution < -0.4 is 5.32 Å². The lowest BCUT2D eigenvalue weighted by molar-refractivity contribution is -0.0979. The summed E-state index contributed by atoms with van der Waals surface area (Å²) in [6, 6.07) is 10.4. The smallest absolute Gasteiger partial charge is 0.0995 e. The molecule has 0 heterocycles. The molecule has 1 aliphatic carbocycles. The second-order valence-electron chi connectivity index (χ2n) is 5.48. The molecule has 1 fully saturated rings. The van der Waals surface area contributed by atoms with Crippen LogP contribution in [0.5, 0.6) is 0 Å². The highest BCUT2D eigenvalue weighted by atomic mass is 16.5. The van der Waals surface area contributed by atoms with Gasteiger partial charge >= 0.3 is 0 Å². The molecular formula is C15H20N2O. The summed E-state index contributed by atoms with van der Waals surface area (Å²) in [7, 11) is 1.77. The lowest BCUT2D eigenvalue weighted by Gasteiger charge is -2.51. The molecular weight excluding hydrogens is 224 g/mol. The molecule has 2 rings (SSSR count). The molecule has 1 aromatic rings. The fourth-order valence-corrected chi connectivity index (χ4v) is 2.65. The average molecular weight is 244 g/mol. The van der Waals surface area contributed by atoms with Gasteiger partial charge in [0, 0.05) is 25.1 Å². The van der Waals surface area contributed by atoms with Crippen molar-refractivity contribution in [1.29, 1.82) is 5.26 Å². The maximum Gasteiger partial charge on any atom is 0.0995 e. The number of ether oxygens (including phenoxy) is 1. The van der Waals surface area contributed by atoms with Crippen molar-refractivity contribution in [1.82, 2.24) is 5.32 Å². The zero-order valence-electron chi connectivity index (χ0n) is 11.2. The minimum atomic E-state index is 0.163. The molecule has 1 N–H and O–H groups in total. The van der Waals surface area contributed by atoms with Gasteiger partial charge in [-0.05, 0) is 18.1 Å². The van der Waals surface area contributed by atoms with Crippen molar-refractivity contribution >= 4 is 0 Å². The summed E-state index contributed by atoms with van der Waals surface area (Å²) in [6.45, 7) is 5.19. The van der Waals surface area contributed by atoms with E-state index in [2.05, 4.69) is 25.2 Å². The van der Waals surface area contributed by atoms with E-state index in [4.69, 9.17) is 10.00 Å². The number of nitrogens with one attached hydrogen (secondary N) is 1. The summed E-state index contributed by atoms with van der Waals surface area (Å²) in [5.41, 5.74) is 1.98. The fourth-order valence-electron chi connectivity index (χ4n) is 2.65. The Morgan fingerprint density at radius 1 is 1.44 bits per heavy atom. The normalized spacial score (nSPS) is 25.2. The molecule has 18 heavy (non-hydrogen) atoms. The van der Waals surface area contributed by atoms with Gasteiger partial charge in [0.1, 0.15) is 0 Å². The van der Waals surface area contributed by atoms with Crippen LogP contribution in [0.1, 0.15) is 31.4 Å². The lowest BCUT2D eigenvalue weighted by Crippen LogP contribution is -2.60. The lowest BCUT2D eigenvalue weighted by atomic mass is 9.64. The Morgan fingerprint density at radius 2 is 2.17 bits per heavy atom. The van der Waals surface area contributed by atoms with Gasteiger partial charge < -0.3 is 10.1 Å². The second kappa shape index (κ2) is 5.09. The fraction of sp³-hybridized carbons (Fsp3) is 0.533. The Kier molecular flexibility index (Phi) is 3.70. The number of rotatable bonds is 4. The van der Waals surface area contributed by atoms with Crippen LogP contribution in [0.2, 0.25) is 0 Å². The first-order valence-electron chi connectivity index (χ1n) is 6.33. The Balaban J connectivity index is 1.96. The predicted molar refractivity (Wildman–Crippen MR) is 71.0 cm³/mol. The van der Waals surface area contributed by atoms with Crippen LogP contribution >= 0.6 is 0 Å². The third-order valence-electron chi connectivity index (χ3n) is 4.14. The minimum Gasteiger partial charge on any atom is -0.381 e. The number of benzene rings is 1. The molecule has 2 atom stereocenters. The SMILES string of the molecule is COC1CC(NCc2ccccc2C#N)C1(C)C. The Labute approximate surface area is 109 Å². The molecule has 0 amide bonds. The van der Waals surface area contributed by atoms with Crippen LogP contribution in [0, 0.1) is 16.7 Å². The van der Waals surface area contributed by atoms with Crippen molar-refractivity contribution in [3.8, 4) is 6.07 Å². The zero-order chi connectivity index (χ0) is 13.2. The molecule has 1 aliphatic rings. The van der Waals surface area contributed by atoms with Crippen LogP contribution in [-0.4, -0.2) is 19.3 Å². The molecule has 1 aromatic carbocycles. The van der Waals surface area contributed by atoms with Crippen molar-refractivity contribution in [3.05, 3.63) is 35.4 Å². The summed E-state index contributed by atoms with van der Waals surface area (Å²) >= 11 is 0.